The van der Waals surface area contributed by atoms with Crippen LogP contribution >= 0.6 is 31.9 Å². The Morgan fingerprint density at radius 2 is 1.71 bits per heavy atom. The zero-order valence-corrected chi connectivity index (χ0v) is 13.8. The Kier molecular flexibility index (Phi) is 6.01. The Morgan fingerprint density at radius 3 is 2.00 bits per heavy atom. The highest BCUT2D eigenvalue weighted by Gasteiger charge is 2.36. The van der Waals surface area contributed by atoms with Crippen LogP contribution in [0.4, 0.5) is 0 Å². The molecule has 0 rings (SSSR count). The van der Waals surface area contributed by atoms with Gasteiger partial charge in [0.15, 0.2) is 5.71 Å². The van der Waals surface area contributed by atoms with E-state index in [1.165, 1.54) is 6.92 Å². The van der Waals surface area contributed by atoms with Gasteiger partial charge in [0.05, 0.1) is 0 Å². The third-order valence-corrected chi connectivity index (χ3v) is 3.52. The van der Waals surface area contributed by atoms with Gasteiger partial charge in [0.1, 0.15) is 8.83 Å². The first-order valence-corrected chi connectivity index (χ1v) is 6.79. The maximum absolute atomic E-state index is 11.9. The van der Waals surface area contributed by atoms with Crippen LogP contribution in [0.1, 0.15) is 41.0 Å². The van der Waals surface area contributed by atoms with Crippen molar-refractivity contribution in [3.8, 4) is 0 Å². The van der Waals surface area contributed by atoms with E-state index >= 15 is 0 Å². The molecule has 0 aliphatic rings. The first kappa shape index (κ1) is 16.8. The van der Waals surface area contributed by atoms with Crippen molar-refractivity contribution in [3.63, 3.8) is 0 Å². The van der Waals surface area contributed by atoms with E-state index in [1.54, 1.807) is 20.8 Å². The summed E-state index contributed by atoms with van der Waals surface area (Å²) in [6.45, 7) is 8.41. The number of ether oxygens (including phenoxy) is 1. The molecule has 0 bridgehead atoms. The molecule has 4 nitrogen and oxygen atoms in total. The fourth-order valence-corrected chi connectivity index (χ4v) is 1.43. The molecule has 1 amide bonds. The number of hydrogen-bond acceptors (Lipinski definition) is 3. The molecule has 0 heterocycles. The zero-order chi connectivity index (χ0) is 13.9. The summed E-state index contributed by atoms with van der Waals surface area (Å²) in [5.74, 6) is -1.05. The van der Waals surface area contributed by atoms with Crippen molar-refractivity contribution in [2.45, 2.75) is 49.9 Å². The van der Waals surface area contributed by atoms with Crippen molar-refractivity contribution < 1.29 is 14.3 Å². The van der Waals surface area contributed by atoms with Crippen molar-refractivity contribution in [3.05, 3.63) is 0 Å². The molecule has 0 radical (unpaired) electrons. The van der Waals surface area contributed by atoms with Gasteiger partial charge < -0.3 is 4.74 Å². The average Bonchev–Trinajstić information content (AvgIpc) is 2.10. The third-order valence-electron chi connectivity index (χ3n) is 1.65. The third kappa shape index (κ3) is 6.31. The molecule has 6 heteroatoms. The highest BCUT2D eigenvalue weighted by Crippen LogP contribution is 2.33. The van der Waals surface area contributed by atoms with E-state index in [0.717, 1.165) is 0 Å². The highest BCUT2D eigenvalue weighted by atomic mass is 79.9. The Hall–Kier alpha value is -0.230. The lowest BCUT2D eigenvalue weighted by atomic mass is 10.1. The smallest absolute Gasteiger partial charge is 0.355 e. The lowest BCUT2D eigenvalue weighted by molar-refractivity contribution is -0.146. The van der Waals surface area contributed by atoms with E-state index < -0.39 is 20.7 Å². The van der Waals surface area contributed by atoms with Crippen molar-refractivity contribution in [2.24, 2.45) is 4.99 Å². The van der Waals surface area contributed by atoms with Crippen molar-refractivity contribution in [1.82, 2.24) is 0 Å². The second-order valence-electron chi connectivity index (χ2n) is 4.54. The average molecular weight is 371 g/mol. The lowest BCUT2D eigenvalue weighted by Crippen LogP contribution is -2.38. The Morgan fingerprint density at radius 1 is 1.24 bits per heavy atom. The number of carbonyl (C=O) groups is 2. The Bertz CT molecular complexity index is 343. The van der Waals surface area contributed by atoms with Crippen LogP contribution in [0, 0.1) is 0 Å². The molecular formula is C11H17Br2NO3. The van der Waals surface area contributed by atoms with Gasteiger partial charge in [-0.05, 0) is 27.2 Å². The van der Waals surface area contributed by atoms with Crippen molar-refractivity contribution in [1.29, 1.82) is 0 Å². The number of nitrogens with zero attached hydrogens (tertiary/aromatic N) is 1. The van der Waals surface area contributed by atoms with Gasteiger partial charge in [-0.15, -0.1) is 0 Å². The lowest BCUT2D eigenvalue weighted by Gasteiger charge is -2.24. The monoisotopic (exact) mass is 369 g/mol. The summed E-state index contributed by atoms with van der Waals surface area (Å²) in [4.78, 5) is 26.7. The number of alkyl halides is 2. The highest BCUT2D eigenvalue weighted by molar-refractivity contribution is 9.26. The normalized spacial score (nSPS) is 13.5. The van der Waals surface area contributed by atoms with Gasteiger partial charge in [-0.1, -0.05) is 38.8 Å². The molecule has 0 unspecified atom stereocenters. The number of amides is 1. The van der Waals surface area contributed by atoms with E-state index in [9.17, 15) is 9.59 Å². The predicted octanol–water partition coefficient (Wildman–Crippen LogP) is 3.21. The van der Waals surface area contributed by atoms with Gasteiger partial charge in [-0.3, -0.25) is 4.79 Å². The number of aliphatic imine (C=N–C) groups is 1. The van der Waals surface area contributed by atoms with E-state index in [2.05, 4.69) is 36.9 Å². The van der Waals surface area contributed by atoms with Crippen LogP contribution in [-0.2, 0) is 14.3 Å². The second-order valence-corrected chi connectivity index (χ2v) is 8.31. The SMILES string of the molecule is CCC(Br)(Br)C(=NC(C)=O)C(=O)OC(C)(C)C. The predicted molar refractivity (Wildman–Crippen MR) is 74.8 cm³/mol. The number of carbonyl (C=O) groups excluding carboxylic acids is 2. The van der Waals surface area contributed by atoms with Crippen LogP contribution in [0.3, 0.4) is 0 Å². The minimum Gasteiger partial charge on any atom is -0.455 e. The number of esters is 1. The van der Waals surface area contributed by atoms with Crippen LogP contribution in [0.2, 0.25) is 0 Å². The van der Waals surface area contributed by atoms with Crippen molar-refractivity contribution >= 4 is 49.4 Å². The molecule has 0 aromatic heterocycles. The van der Waals surface area contributed by atoms with Crippen LogP contribution in [0.15, 0.2) is 4.99 Å². The van der Waals surface area contributed by atoms with Crippen LogP contribution in [0.5, 0.6) is 0 Å². The Labute approximate surface area is 118 Å². The number of halogens is 2. The summed E-state index contributed by atoms with van der Waals surface area (Å²) < 4.78 is 4.37. The molecule has 0 atom stereocenters. The van der Waals surface area contributed by atoms with Crippen molar-refractivity contribution in [2.75, 3.05) is 0 Å². The first-order valence-electron chi connectivity index (χ1n) is 5.20. The van der Waals surface area contributed by atoms with E-state index in [-0.39, 0.29) is 5.71 Å². The van der Waals surface area contributed by atoms with E-state index in [0.29, 0.717) is 6.42 Å². The molecule has 98 valence electrons. The van der Waals surface area contributed by atoms with Gasteiger partial charge in [0, 0.05) is 6.92 Å². The molecule has 0 spiro atoms. The van der Waals surface area contributed by atoms with Crippen LogP contribution < -0.4 is 0 Å². The molecule has 0 aliphatic carbocycles. The fraction of sp³-hybridized carbons (Fsp3) is 0.727. The molecule has 0 aromatic rings. The largest absolute Gasteiger partial charge is 0.455 e. The minimum atomic E-state index is -0.839. The molecule has 0 aliphatic heterocycles. The first-order chi connectivity index (χ1) is 7.49. The van der Waals surface area contributed by atoms with Gasteiger partial charge in [-0.25, -0.2) is 9.79 Å². The topological polar surface area (TPSA) is 55.7 Å². The number of rotatable bonds is 3. The zero-order valence-electron chi connectivity index (χ0n) is 10.6. The summed E-state index contributed by atoms with van der Waals surface area (Å²) in [5.41, 5.74) is -0.597. The number of hydrogen-bond donors (Lipinski definition) is 0. The van der Waals surface area contributed by atoms with Gasteiger partial charge in [0.25, 0.3) is 0 Å². The molecule has 0 aromatic carbocycles. The standard InChI is InChI=1S/C11H17Br2NO3/c1-6-11(12,13)8(14-7(2)15)9(16)17-10(3,4)5/h6H2,1-5H3. The second kappa shape index (κ2) is 6.09. The molecule has 17 heavy (non-hydrogen) atoms. The molecule has 0 saturated carbocycles. The molecule has 0 saturated heterocycles. The molecule has 0 fully saturated rings. The Balaban J connectivity index is 5.23. The summed E-state index contributed by atoms with van der Waals surface area (Å²) in [5, 5.41) is 0. The maximum atomic E-state index is 11.9. The quantitative estimate of drug-likeness (QED) is 0.435. The van der Waals surface area contributed by atoms with Crippen LogP contribution in [-0.4, -0.2) is 26.4 Å². The maximum Gasteiger partial charge on any atom is 0.355 e. The van der Waals surface area contributed by atoms with Crippen LogP contribution in [0.25, 0.3) is 0 Å². The summed E-state index contributed by atoms with van der Waals surface area (Å²) in [6, 6.07) is 0. The van der Waals surface area contributed by atoms with Gasteiger partial charge in [-0.2, -0.15) is 0 Å². The molecule has 0 N–H and O–H groups in total. The van der Waals surface area contributed by atoms with Gasteiger partial charge >= 0.3 is 5.97 Å². The van der Waals surface area contributed by atoms with E-state index in [1.807, 2.05) is 6.92 Å². The fourth-order valence-electron chi connectivity index (χ4n) is 0.928. The minimum absolute atomic E-state index is 0.0300. The summed E-state index contributed by atoms with van der Waals surface area (Å²) >= 11 is 6.63. The van der Waals surface area contributed by atoms with Gasteiger partial charge in [0.2, 0.25) is 5.91 Å². The summed E-state index contributed by atoms with van der Waals surface area (Å²) in [6.07, 6.45) is 0.540. The summed E-state index contributed by atoms with van der Waals surface area (Å²) in [7, 11) is 0. The van der Waals surface area contributed by atoms with E-state index in [4.69, 9.17) is 4.74 Å². The molecular weight excluding hydrogens is 354 g/mol.